The van der Waals surface area contributed by atoms with Gasteiger partial charge >= 0.3 is 0 Å². The van der Waals surface area contributed by atoms with Crippen LogP contribution in [-0.2, 0) is 10.8 Å². The van der Waals surface area contributed by atoms with Gasteiger partial charge in [0.2, 0.25) is 0 Å². The minimum absolute atomic E-state index is 0.277. The van der Waals surface area contributed by atoms with Crippen molar-refractivity contribution in [2.45, 2.75) is 36.7 Å². The Morgan fingerprint density at radius 2 is 2.38 bits per heavy atom. The van der Waals surface area contributed by atoms with Gasteiger partial charge in [-0.05, 0) is 25.2 Å². The molecule has 0 aromatic carbocycles. The molecule has 2 aliphatic rings. The van der Waals surface area contributed by atoms with Crippen LogP contribution in [-0.4, -0.2) is 39.2 Å². The van der Waals surface area contributed by atoms with E-state index in [2.05, 4.69) is 10.3 Å². The molecule has 16 heavy (non-hydrogen) atoms. The van der Waals surface area contributed by atoms with Gasteiger partial charge in [-0.3, -0.25) is 9.20 Å². The summed E-state index contributed by atoms with van der Waals surface area (Å²) in [6, 6.07) is 0. The van der Waals surface area contributed by atoms with Gasteiger partial charge in [0.05, 0.1) is 6.54 Å². The lowest BCUT2D eigenvalue weighted by molar-refractivity contribution is 0.666. The molecule has 3 atom stereocenters. The predicted octanol–water partition coefficient (Wildman–Crippen LogP) is 1.61. The van der Waals surface area contributed by atoms with Gasteiger partial charge in [-0.1, -0.05) is 18.7 Å². The fraction of sp³-hybridized carbons (Fsp3) is 0.909. The van der Waals surface area contributed by atoms with Gasteiger partial charge in [-0.25, -0.2) is 0 Å². The quantitative estimate of drug-likeness (QED) is 0.816. The maximum Gasteiger partial charge on any atom is 0.156 e. The Balaban J connectivity index is 1.62. The van der Waals surface area contributed by atoms with Crippen molar-refractivity contribution in [2.24, 2.45) is 10.9 Å². The Kier molecular flexibility index (Phi) is 4.30. The van der Waals surface area contributed by atoms with Gasteiger partial charge in [-0.15, -0.1) is 0 Å². The Hall–Kier alpha value is -0.0300. The van der Waals surface area contributed by atoms with Crippen molar-refractivity contribution < 1.29 is 4.21 Å². The van der Waals surface area contributed by atoms with Crippen LogP contribution in [0.2, 0.25) is 0 Å². The molecule has 1 N–H and O–H groups in total. The van der Waals surface area contributed by atoms with Crippen LogP contribution in [0.5, 0.6) is 0 Å². The van der Waals surface area contributed by atoms with Crippen molar-refractivity contribution in [1.82, 2.24) is 5.32 Å². The average molecular weight is 260 g/mol. The first-order valence-corrected chi connectivity index (χ1v) is 8.44. The molecule has 2 rings (SSSR count). The topological polar surface area (TPSA) is 41.5 Å². The van der Waals surface area contributed by atoms with Crippen molar-refractivity contribution >= 4 is 27.7 Å². The third-order valence-electron chi connectivity index (χ3n) is 3.22. The van der Waals surface area contributed by atoms with Gasteiger partial charge < -0.3 is 5.32 Å². The van der Waals surface area contributed by atoms with Gasteiger partial charge in [-0.2, -0.15) is 0 Å². The maximum atomic E-state index is 11.2. The second-order valence-electron chi connectivity index (χ2n) is 4.66. The van der Waals surface area contributed by atoms with E-state index < -0.39 is 10.8 Å². The van der Waals surface area contributed by atoms with Gasteiger partial charge in [0.15, 0.2) is 5.17 Å². The second kappa shape index (κ2) is 5.54. The zero-order valence-electron chi connectivity index (χ0n) is 9.94. The predicted molar refractivity (Wildman–Crippen MR) is 72.6 cm³/mol. The van der Waals surface area contributed by atoms with E-state index in [4.69, 9.17) is 0 Å². The number of hydrogen-bond acceptors (Lipinski definition) is 4. The molecule has 1 heterocycles. The Labute approximate surface area is 104 Å². The first kappa shape index (κ1) is 12.4. The van der Waals surface area contributed by atoms with Crippen molar-refractivity contribution in [2.75, 3.05) is 19.3 Å². The van der Waals surface area contributed by atoms with E-state index in [0.29, 0.717) is 0 Å². The number of thioether (sulfide) groups is 1. The highest BCUT2D eigenvalue weighted by molar-refractivity contribution is 8.14. The molecule has 92 valence electrons. The molecule has 5 heteroatoms. The molecule has 0 bridgehead atoms. The number of nitrogens with zero attached hydrogens (tertiary/aromatic N) is 1. The van der Waals surface area contributed by atoms with Gasteiger partial charge in [0, 0.05) is 34.1 Å². The number of nitrogens with one attached hydrogen (secondary N) is 1. The SMILES string of the molecule is CC(CCNC1=NCC(C2CC2)S1)S(C)=O. The average Bonchev–Trinajstić information content (AvgIpc) is 2.99. The smallest absolute Gasteiger partial charge is 0.156 e. The van der Waals surface area contributed by atoms with Crippen LogP contribution in [0.15, 0.2) is 4.99 Å². The van der Waals surface area contributed by atoms with Crippen LogP contribution >= 0.6 is 11.8 Å². The Morgan fingerprint density at radius 3 is 3.00 bits per heavy atom. The van der Waals surface area contributed by atoms with Crippen molar-refractivity contribution in [3.05, 3.63) is 0 Å². The van der Waals surface area contributed by atoms with Crippen LogP contribution in [0.25, 0.3) is 0 Å². The van der Waals surface area contributed by atoms with Crippen molar-refractivity contribution in [1.29, 1.82) is 0 Å². The highest BCUT2D eigenvalue weighted by Gasteiger charge is 2.35. The van der Waals surface area contributed by atoms with Gasteiger partial charge in [0.1, 0.15) is 0 Å². The largest absolute Gasteiger partial charge is 0.365 e. The van der Waals surface area contributed by atoms with E-state index in [0.717, 1.165) is 35.8 Å². The van der Waals surface area contributed by atoms with Crippen LogP contribution in [0.3, 0.4) is 0 Å². The Bertz CT molecular complexity index is 302. The highest BCUT2D eigenvalue weighted by Crippen LogP contribution is 2.41. The van der Waals surface area contributed by atoms with Gasteiger partial charge in [0.25, 0.3) is 0 Å². The standard InChI is InChI=1S/C11H20N2OS2/c1-8(16(2)14)5-6-12-11-13-7-10(15-11)9-3-4-9/h8-10H,3-7H2,1-2H3,(H,12,13). The van der Waals surface area contributed by atoms with E-state index in [1.807, 2.05) is 18.7 Å². The molecule has 0 radical (unpaired) electrons. The zero-order valence-corrected chi connectivity index (χ0v) is 11.6. The minimum Gasteiger partial charge on any atom is -0.365 e. The monoisotopic (exact) mass is 260 g/mol. The first-order chi connectivity index (χ1) is 7.66. The first-order valence-electron chi connectivity index (χ1n) is 5.94. The minimum atomic E-state index is -0.704. The summed E-state index contributed by atoms with van der Waals surface area (Å²) >= 11 is 1.90. The lowest BCUT2D eigenvalue weighted by Crippen LogP contribution is -2.25. The molecule has 0 aromatic rings. The molecule has 1 aliphatic heterocycles. The molecule has 0 spiro atoms. The molecular formula is C11H20N2OS2. The molecule has 0 saturated heterocycles. The molecule has 3 unspecified atom stereocenters. The van der Waals surface area contributed by atoms with Crippen LogP contribution in [0.1, 0.15) is 26.2 Å². The van der Waals surface area contributed by atoms with Crippen molar-refractivity contribution in [3.8, 4) is 0 Å². The molecule has 1 saturated carbocycles. The molecule has 3 nitrogen and oxygen atoms in total. The Morgan fingerprint density at radius 1 is 1.62 bits per heavy atom. The molecular weight excluding hydrogens is 240 g/mol. The number of amidine groups is 1. The molecule has 1 fully saturated rings. The summed E-state index contributed by atoms with van der Waals surface area (Å²) in [5, 5.41) is 5.47. The summed E-state index contributed by atoms with van der Waals surface area (Å²) in [4.78, 5) is 4.51. The second-order valence-corrected chi connectivity index (χ2v) is 7.69. The normalized spacial score (nSPS) is 28.6. The zero-order chi connectivity index (χ0) is 11.5. The summed E-state index contributed by atoms with van der Waals surface area (Å²) in [5.74, 6) is 0.926. The molecule has 0 aromatic heterocycles. The third kappa shape index (κ3) is 3.48. The van der Waals surface area contributed by atoms with Crippen molar-refractivity contribution in [3.63, 3.8) is 0 Å². The summed E-state index contributed by atoms with van der Waals surface area (Å²) in [6.07, 6.45) is 5.52. The third-order valence-corrected chi connectivity index (χ3v) is 5.92. The maximum absolute atomic E-state index is 11.2. The van der Waals surface area contributed by atoms with Crippen LogP contribution in [0, 0.1) is 5.92 Å². The summed E-state index contributed by atoms with van der Waals surface area (Å²) in [5.41, 5.74) is 0. The fourth-order valence-corrected chi connectivity index (χ4v) is 3.43. The van der Waals surface area contributed by atoms with E-state index in [-0.39, 0.29) is 5.25 Å². The summed E-state index contributed by atoms with van der Waals surface area (Å²) in [7, 11) is -0.704. The van der Waals surface area contributed by atoms with E-state index in [1.165, 1.54) is 12.8 Å². The lowest BCUT2D eigenvalue weighted by atomic mass is 10.3. The van der Waals surface area contributed by atoms with E-state index >= 15 is 0 Å². The summed E-state index contributed by atoms with van der Waals surface area (Å²) < 4.78 is 11.2. The molecule has 0 amide bonds. The molecule has 1 aliphatic carbocycles. The van der Waals surface area contributed by atoms with E-state index in [1.54, 1.807) is 6.26 Å². The lowest BCUT2D eigenvalue weighted by Gasteiger charge is -2.10. The number of rotatable bonds is 5. The number of aliphatic imine (C=N–C) groups is 1. The van der Waals surface area contributed by atoms with Crippen LogP contribution < -0.4 is 5.32 Å². The summed E-state index contributed by atoms with van der Waals surface area (Å²) in [6.45, 7) is 3.92. The highest BCUT2D eigenvalue weighted by atomic mass is 32.2. The number of hydrogen-bond donors (Lipinski definition) is 1. The fourth-order valence-electron chi connectivity index (χ4n) is 1.75. The van der Waals surface area contributed by atoms with Crippen LogP contribution in [0.4, 0.5) is 0 Å². The van der Waals surface area contributed by atoms with E-state index in [9.17, 15) is 4.21 Å².